The van der Waals surface area contributed by atoms with E-state index in [0.29, 0.717) is 19.1 Å². The molecule has 0 N–H and O–H groups in total. The van der Waals surface area contributed by atoms with Crippen molar-refractivity contribution in [3.05, 3.63) is 35.4 Å². The molecular formula is C21H32O4. The zero-order valence-corrected chi connectivity index (χ0v) is 16.3. The summed E-state index contributed by atoms with van der Waals surface area (Å²) in [5.41, 5.74) is 0.404. The first-order chi connectivity index (χ1) is 11.7. The summed E-state index contributed by atoms with van der Waals surface area (Å²) < 4.78 is 10.6. The Morgan fingerprint density at radius 2 is 1.48 bits per heavy atom. The molecule has 0 saturated carbocycles. The average molecular weight is 348 g/mol. The van der Waals surface area contributed by atoms with Gasteiger partial charge >= 0.3 is 11.9 Å². The van der Waals surface area contributed by atoms with E-state index in [-0.39, 0.29) is 16.5 Å². The molecule has 0 saturated heterocycles. The summed E-state index contributed by atoms with van der Waals surface area (Å²) in [6.45, 7) is 11.0. The summed E-state index contributed by atoms with van der Waals surface area (Å²) in [5.74, 6) is -0.250. The Morgan fingerprint density at radius 1 is 0.920 bits per heavy atom. The van der Waals surface area contributed by atoms with E-state index >= 15 is 0 Å². The van der Waals surface area contributed by atoms with Gasteiger partial charge in [-0.1, -0.05) is 66.0 Å². The molecule has 4 heteroatoms. The smallest absolute Gasteiger partial charge is 0.339 e. The number of ether oxygens (including phenoxy) is 2. The number of carbonyl (C=O) groups excluding carboxylic acids is 2. The first-order valence-corrected chi connectivity index (χ1v) is 9.14. The molecule has 0 unspecified atom stereocenters. The summed E-state index contributed by atoms with van der Waals surface area (Å²) >= 11 is 0. The van der Waals surface area contributed by atoms with Crippen molar-refractivity contribution >= 4 is 11.9 Å². The van der Waals surface area contributed by atoms with Gasteiger partial charge in [0.15, 0.2) is 0 Å². The lowest BCUT2D eigenvalue weighted by Gasteiger charge is -2.18. The normalized spacial score (nSPS) is 11.4. The minimum absolute atomic E-state index is 0.124. The van der Waals surface area contributed by atoms with Gasteiger partial charge in [0.25, 0.3) is 0 Å². The standard InChI is InChI=1S/C21H32O4/c1-16(2)11-7-6-10-14-24-19(22)17-12-8-9-13-18(17)20(23)25-15-21(3,4)5/h8-9,12-13,16H,6-7,10-11,14-15H2,1-5H3. The molecule has 4 nitrogen and oxygen atoms in total. The van der Waals surface area contributed by atoms with Crippen LogP contribution in [-0.4, -0.2) is 25.2 Å². The summed E-state index contributed by atoms with van der Waals surface area (Å²) in [6.07, 6.45) is 4.22. The average Bonchev–Trinajstić information content (AvgIpc) is 2.54. The third-order valence-electron chi connectivity index (χ3n) is 3.66. The van der Waals surface area contributed by atoms with Crippen molar-refractivity contribution in [2.75, 3.05) is 13.2 Å². The summed E-state index contributed by atoms with van der Waals surface area (Å²) in [7, 11) is 0. The van der Waals surface area contributed by atoms with Crippen LogP contribution < -0.4 is 0 Å². The maximum atomic E-state index is 12.3. The van der Waals surface area contributed by atoms with Crippen LogP contribution in [0.4, 0.5) is 0 Å². The fourth-order valence-electron chi connectivity index (χ4n) is 2.27. The van der Waals surface area contributed by atoms with Gasteiger partial charge in [0.05, 0.1) is 24.3 Å². The van der Waals surface area contributed by atoms with E-state index in [2.05, 4.69) is 13.8 Å². The van der Waals surface area contributed by atoms with Crippen LogP contribution >= 0.6 is 0 Å². The van der Waals surface area contributed by atoms with Crippen LogP contribution in [0.25, 0.3) is 0 Å². The van der Waals surface area contributed by atoms with Crippen LogP contribution in [0.2, 0.25) is 0 Å². The lowest BCUT2D eigenvalue weighted by Crippen LogP contribution is -2.20. The second-order valence-corrected chi connectivity index (χ2v) is 8.06. The fourth-order valence-corrected chi connectivity index (χ4v) is 2.27. The van der Waals surface area contributed by atoms with Crippen molar-refractivity contribution in [3.63, 3.8) is 0 Å². The van der Waals surface area contributed by atoms with Crippen LogP contribution in [0.5, 0.6) is 0 Å². The number of carbonyl (C=O) groups is 2. The maximum Gasteiger partial charge on any atom is 0.339 e. The number of benzene rings is 1. The second-order valence-electron chi connectivity index (χ2n) is 8.06. The highest BCUT2D eigenvalue weighted by atomic mass is 16.5. The maximum absolute atomic E-state index is 12.3. The molecule has 1 aromatic rings. The van der Waals surface area contributed by atoms with E-state index in [1.165, 1.54) is 6.42 Å². The summed E-state index contributed by atoms with van der Waals surface area (Å²) in [5, 5.41) is 0. The molecule has 0 aliphatic carbocycles. The topological polar surface area (TPSA) is 52.6 Å². The van der Waals surface area contributed by atoms with Crippen LogP contribution in [-0.2, 0) is 9.47 Å². The van der Waals surface area contributed by atoms with Crippen molar-refractivity contribution in [2.24, 2.45) is 11.3 Å². The Labute approximate surface area is 151 Å². The SMILES string of the molecule is CC(C)CCCCCOC(=O)c1ccccc1C(=O)OCC(C)(C)C. The van der Waals surface area contributed by atoms with E-state index in [1.54, 1.807) is 24.3 Å². The minimum Gasteiger partial charge on any atom is -0.462 e. The largest absolute Gasteiger partial charge is 0.462 e. The lowest BCUT2D eigenvalue weighted by molar-refractivity contribution is 0.0352. The molecule has 0 spiro atoms. The van der Waals surface area contributed by atoms with E-state index in [9.17, 15) is 9.59 Å². The van der Waals surface area contributed by atoms with Crippen LogP contribution in [0.3, 0.4) is 0 Å². The molecule has 0 aliphatic rings. The molecule has 0 radical (unpaired) electrons. The predicted octanol–water partition coefficient (Wildman–Crippen LogP) is 5.26. The molecule has 25 heavy (non-hydrogen) atoms. The Hall–Kier alpha value is -1.84. The highest BCUT2D eigenvalue weighted by Gasteiger charge is 2.21. The minimum atomic E-state index is -0.487. The van der Waals surface area contributed by atoms with Crippen LogP contribution in [0.1, 0.15) is 81.0 Å². The third kappa shape index (κ3) is 8.71. The quantitative estimate of drug-likeness (QED) is 0.451. The third-order valence-corrected chi connectivity index (χ3v) is 3.66. The highest BCUT2D eigenvalue weighted by molar-refractivity contribution is 6.03. The molecule has 1 aromatic carbocycles. The van der Waals surface area contributed by atoms with Crippen molar-refractivity contribution < 1.29 is 19.1 Å². The van der Waals surface area contributed by atoms with Gasteiger partial charge in [0, 0.05) is 0 Å². The number of rotatable bonds is 9. The molecular weight excluding hydrogens is 316 g/mol. The Kier molecular flexibility index (Phi) is 8.67. The highest BCUT2D eigenvalue weighted by Crippen LogP contribution is 2.17. The van der Waals surface area contributed by atoms with Gasteiger partial charge in [-0.2, -0.15) is 0 Å². The van der Waals surface area contributed by atoms with Gasteiger partial charge in [-0.25, -0.2) is 9.59 Å². The second kappa shape index (κ2) is 10.2. The van der Waals surface area contributed by atoms with Crippen molar-refractivity contribution in [3.8, 4) is 0 Å². The monoisotopic (exact) mass is 348 g/mol. The predicted molar refractivity (Wildman–Crippen MR) is 99.8 cm³/mol. The number of hydrogen-bond acceptors (Lipinski definition) is 4. The van der Waals surface area contributed by atoms with Crippen molar-refractivity contribution in [1.29, 1.82) is 0 Å². The van der Waals surface area contributed by atoms with Crippen molar-refractivity contribution in [1.82, 2.24) is 0 Å². The Bertz CT molecular complexity index is 555. The zero-order chi connectivity index (χ0) is 18.9. The number of hydrogen-bond donors (Lipinski definition) is 0. The molecule has 0 atom stereocenters. The molecule has 0 bridgehead atoms. The molecule has 0 heterocycles. The lowest BCUT2D eigenvalue weighted by atomic mass is 9.98. The van der Waals surface area contributed by atoms with Gasteiger partial charge in [0.1, 0.15) is 0 Å². The summed E-state index contributed by atoms with van der Waals surface area (Å²) in [4.78, 5) is 24.5. The Morgan fingerprint density at radius 3 is 2.00 bits per heavy atom. The van der Waals surface area contributed by atoms with Gasteiger partial charge in [0.2, 0.25) is 0 Å². The van der Waals surface area contributed by atoms with Gasteiger partial charge in [-0.15, -0.1) is 0 Å². The number of esters is 2. The first kappa shape index (κ1) is 21.2. The molecule has 140 valence electrons. The molecule has 0 fully saturated rings. The molecule has 1 rings (SSSR count). The van der Waals surface area contributed by atoms with Crippen molar-refractivity contribution in [2.45, 2.75) is 60.3 Å². The molecule has 0 aromatic heterocycles. The van der Waals surface area contributed by atoms with Gasteiger partial charge < -0.3 is 9.47 Å². The first-order valence-electron chi connectivity index (χ1n) is 9.14. The van der Waals surface area contributed by atoms with Crippen LogP contribution in [0, 0.1) is 11.3 Å². The van der Waals surface area contributed by atoms with Crippen LogP contribution in [0.15, 0.2) is 24.3 Å². The number of unbranched alkanes of at least 4 members (excludes halogenated alkanes) is 2. The fraction of sp³-hybridized carbons (Fsp3) is 0.619. The van der Waals surface area contributed by atoms with E-state index in [4.69, 9.17) is 9.47 Å². The van der Waals surface area contributed by atoms with E-state index < -0.39 is 11.9 Å². The molecule has 0 amide bonds. The zero-order valence-electron chi connectivity index (χ0n) is 16.3. The van der Waals surface area contributed by atoms with E-state index in [1.807, 2.05) is 20.8 Å². The van der Waals surface area contributed by atoms with E-state index in [0.717, 1.165) is 19.3 Å². The van der Waals surface area contributed by atoms with Gasteiger partial charge in [-0.3, -0.25) is 0 Å². The Balaban J connectivity index is 2.54. The van der Waals surface area contributed by atoms with Gasteiger partial charge in [-0.05, 0) is 29.9 Å². The summed E-state index contributed by atoms with van der Waals surface area (Å²) in [6, 6.07) is 6.65. The molecule has 0 aliphatic heterocycles.